The standard InChI is InChI=1S/C29H31F2N7O2/c30-21-4-1-3-20(25(21)31)18-8-9-22(27-33-15-24(17-6-7-17)37(27)16-18)34-28(39)36-13-10-19(11-14-36)38-23-5-2-12-32-26(23)35-29(38)40/h1-5,12,15,17-19,22H,6-11,13-14,16H2,(H,34,39)(H,32,35,40)/t18-,22-/m1/s1. The molecule has 2 N–H and O–H groups in total. The molecule has 0 radical (unpaired) electrons. The van der Waals surface area contributed by atoms with E-state index in [1.165, 1.54) is 0 Å². The van der Waals surface area contributed by atoms with Crippen LogP contribution in [-0.4, -0.2) is 48.1 Å². The summed E-state index contributed by atoms with van der Waals surface area (Å²) in [6, 6.07) is 7.53. The third-order valence-corrected chi connectivity index (χ3v) is 8.76. The molecule has 2 fully saturated rings. The maximum Gasteiger partial charge on any atom is 0.327 e. The van der Waals surface area contributed by atoms with E-state index in [0.29, 0.717) is 62.4 Å². The van der Waals surface area contributed by atoms with E-state index in [4.69, 9.17) is 4.98 Å². The highest BCUT2D eigenvalue weighted by Gasteiger charge is 2.36. The highest BCUT2D eigenvalue weighted by Crippen LogP contribution is 2.43. The second-order valence-corrected chi connectivity index (χ2v) is 11.2. The third-order valence-electron chi connectivity index (χ3n) is 8.76. The fraction of sp³-hybridized carbons (Fsp3) is 0.448. The van der Waals surface area contributed by atoms with Gasteiger partial charge in [0.05, 0.1) is 11.6 Å². The number of hydrogen-bond acceptors (Lipinski definition) is 4. The van der Waals surface area contributed by atoms with Crippen LogP contribution in [0.15, 0.2) is 47.5 Å². The van der Waals surface area contributed by atoms with Crippen molar-refractivity contribution >= 4 is 17.2 Å². The van der Waals surface area contributed by atoms with Gasteiger partial charge in [-0.3, -0.25) is 9.55 Å². The van der Waals surface area contributed by atoms with E-state index in [9.17, 15) is 18.4 Å². The van der Waals surface area contributed by atoms with Crippen LogP contribution in [0, 0.1) is 11.6 Å². The number of nitrogens with zero attached hydrogens (tertiary/aromatic N) is 5. The average molecular weight is 548 g/mol. The number of rotatable bonds is 4. The number of halogens is 2. The van der Waals surface area contributed by atoms with E-state index >= 15 is 0 Å². The number of pyridine rings is 1. The molecular weight excluding hydrogens is 516 g/mol. The van der Waals surface area contributed by atoms with Crippen molar-refractivity contribution in [2.24, 2.45) is 0 Å². The summed E-state index contributed by atoms with van der Waals surface area (Å²) >= 11 is 0. The summed E-state index contributed by atoms with van der Waals surface area (Å²) in [7, 11) is 0. The van der Waals surface area contributed by atoms with Gasteiger partial charge in [0.2, 0.25) is 0 Å². The number of nitrogens with one attached hydrogen (secondary N) is 2. The molecule has 2 amide bonds. The third kappa shape index (κ3) is 4.37. The van der Waals surface area contributed by atoms with Crippen molar-refractivity contribution in [2.75, 3.05) is 13.1 Å². The van der Waals surface area contributed by atoms with Crippen molar-refractivity contribution in [2.45, 2.75) is 69.0 Å². The fourth-order valence-corrected chi connectivity index (χ4v) is 6.51. The first-order chi connectivity index (χ1) is 19.5. The minimum absolute atomic E-state index is 0.0192. The topological polar surface area (TPSA) is 101 Å². The summed E-state index contributed by atoms with van der Waals surface area (Å²) in [6.07, 6.45) is 8.19. The van der Waals surface area contributed by atoms with Gasteiger partial charge >= 0.3 is 11.7 Å². The Morgan fingerprint density at radius 3 is 2.58 bits per heavy atom. The monoisotopic (exact) mass is 547 g/mol. The number of hydrogen-bond donors (Lipinski definition) is 2. The zero-order chi connectivity index (χ0) is 27.4. The largest absolute Gasteiger partial charge is 0.329 e. The molecule has 11 heteroatoms. The number of imidazole rings is 2. The van der Waals surface area contributed by atoms with Crippen molar-refractivity contribution in [3.63, 3.8) is 0 Å². The SMILES string of the molecule is O=C(N[C@@H]1CC[C@@H](c2cccc(F)c2F)Cn2c(C3CC3)cnc21)N1CCC(n2c(=O)[nH]c3ncccc32)CC1. The molecule has 5 heterocycles. The minimum Gasteiger partial charge on any atom is -0.329 e. The molecule has 1 saturated carbocycles. The maximum atomic E-state index is 14.8. The molecule has 4 aromatic rings. The van der Waals surface area contributed by atoms with Gasteiger partial charge in [-0.15, -0.1) is 0 Å². The highest BCUT2D eigenvalue weighted by atomic mass is 19.2. The Kier molecular flexibility index (Phi) is 6.16. The van der Waals surface area contributed by atoms with Gasteiger partial charge in [-0.05, 0) is 62.3 Å². The molecule has 40 heavy (non-hydrogen) atoms. The number of urea groups is 1. The van der Waals surface area contributed by atoms with Gasteiger partial charge in [-0.2, -0.15) is 0 Å². The smallest absolute Gasteiger partial charge is 0.327 e. The van der Waals surface area contributed by atoms with Gasteiger partial charge in [0, 0.05) is 55.6 Å². The van der Waals surface area contributed by atoms with Crippen LogP contribution in [0.4, 0.5) is 13.6 Å². The molecule has 208 valence electrons. The molecule has 7 rings (SSSR count). The van der Waals surface area contributed by atoms with Crippen LogP contribution in [-0.2, 0) is 6.54 Å². The zero-order valence-electron chi connectivity index (χ0n) is 22.0. The van der Waals surface area contributed by atoms with Crippen molar-refractivity contribution in [1.29, 1.82) is 0 Å². The lowest BCUT2D eigenvalue weighted by atomic mass is 9.92. The van der Waals surface area contributed by atoms with E-state index < -0.39 is 11.6 Å². The van der Waals surface area contributed by atoms with Crippen LogP contribution in [0.5, 0.6) is 0 Å². The molecule has 2 atom stereocenters. The number of piperidine rings is 1. The summed E-state index contributed by atoms with van der Waals surface area (Å²) in [5.74, 6) is -0.645. The summed E-state index contributed by atoms with van der Waals surface area (Å²) in [6.45, 7) is 1.54. The van der Waals surface area contributed by atoms with Crippen molar-refractivity contribution < 1.29 is 13.6 Å². The second-order valence-electron chi connectivity index (χ2n) is 11.2. The number of benzene rings is 1. The van der Waals surface area contributed by atoms with Crippen molar-refractivity contribution in [1.82, 2.24) is 34.3 Å². The van der Waals surface area contributed by atoms with E-state index in [2.05, 4.69) is 19.9 Å². The Labute approximate surface area is 229 Å². The van der Waals surface area contributed by atoms with Crippen molar-refractivity contribution in [3.8, 4) is 0 Å². The van der Waals surface area contributed by atoms with E-state index in [1.54, 1.807) is 27.8 Å². The number of likely N-dealkylation sites (tertiary alicyclic amines) is 1. The summed E-state index contributed by atoms with van der Waals surface area (Å²) in [5, 5.41) is 3.20. The lowest BCUT2D eigenvalue weighted by Gasteiger charge is -2.33. The molecule has 9 nitrogen and oxygen atoms in total. The fourth-order valence-electron chi connectivity index (χ4n) is 6.51. The van der Waals surface area contributed by atoms with Gasteiger partial charge in [0.1, 0.15) is 5.82 Å². The first kappa shape index (κ1) is 25.0. The molecule has 3 aromatic heterocycles. The molecule has 1 aromatic carbocycles. The number of aromatic amines is 1. The molecule has 0 spiro atoms. The normalized spacial score (nSPS) is 21.8. The molecule has 2 aliphatic heterocycles. The number of carbonyl (C=O) groups is 1. The van der Waals surface area contributed by atoms with Gasteiger partial charge < -0.3 is 14.8 Å². The summed E-state index contributed by atoms with van der Waals surface area (Å²) in [5.41, 5.74) is 2.64. The highest BCUT2D eigenvalue weighted by molar-refractivity contribution is 5.75. The number of fused-ring (bicyclic) bond motifs is 2. The summed E-state index contributed by atoms with van der Waals surface area (Å²) < 4.78 is 32.8. The molecular formula is C29H31F2N7O2. The number of aromatic nitrogens is 5. The summed E-state index contributed by atoms with van der Waals surface area (Å²) in [4.78, 5) is 39.6. The molecule has 0 bridgehead atoms. The van der Waals surface area contributed by atoms with Crippen LogP contribution in [0.25, 0.3) is 11.2 Å². The van der Waals surface area contributed by atoms with Crippen molar-refractivity contribution in [3.05, 3.63) is 81.9 Å². The van der Waals surface area contributed by atoms with Crippen LogP contribution in [0.1, 0.15) is 79.5 Å². The first-order valence-corrected chi connectivity index (χ1v) is 14.1. The average Bonchev–Trinajstić information content (AvgIpc) is 3.67. The van der Waals surface area contributed by atoms with E-state index in [0.717, 1.165) is 35.9 Å². The van der Waals surface area contributed by atoms with Crippen LogP contribution in [0.2, 0.25) is 0 Å². The quantitative estimate of drug-likeness (QED) is 0.385. The Morgan fingerprint density at radius 1 is 0.975 bits per heavy atom. The van der Waals surface area contributed by atoms with Gasteiger partial charge in [0.15, 0.2) is 17.3 Å². The predicted octanol–water partition coefficient (Wildman–Crippen LogP) is 4.74. The Bertz CT molecular complexity index is 1630. The lowest BCUT2D eigenvalue weighted by Crippen LogP contribution is -2.46. The second kappa shape index (κ2) is 9.87. The Morgan fingerprint density at radius 2 is 1.77 bits per heavy atom. The maximum absolute atomic E-state index is 14.8. The lowest BCUT2D eigenvalue weighted by molar-refractivity contribution is 0.167. The Balaban J connectivity index is 1.08. The Hall–Kier alpha value is -4.02. The van der Waals surface area contributed by atoms with Crippen LogP contribution in [0.3, 0.4) is 0 Å². The molecule has 1 saturated heterocycles. The zero-order valence-corrected chi connectivity index (χ0v) is 22.0. The first-order valence-electron chi connectivity index (χ1n) is 14.1. The van der Waals surface area contributed by atoms with Gasteiger partial charge in [0.25, 0.3) is 0 Å². The van der Waals surface area contributed by atoms with E-state index in [1.807, 2.05) is 18.3 Å². The van der Waals surface area contributed by atoms with E-state index in [-0.39, 0.29) is 29.7 Å². The van der Waals surface area contributed by atoms with Gasteiger partial charge in [-0.25, -0.2) is 28.3 Å². The molecule has 3 aliphatic rings. The number of H-pyrrole nitrogens is 1. The van der Waals surface area contributed by atoms with Gasteiger partial charge in [-0.1, -0.05) is 12.1 Å². The van der Waals surface area contributed by atoms with Crippen LogP contribution >= 0.6 is 0 Å². The minimum atomic E-state index is -0.838. The molecule has 1 aliphatic carbocycles. The number of carbonyl (C=O) groups excluding carboxylic acids is 1. The predicted molar refractivity (Wildman–Crippen MR) is 144 cm³/mol. The molecule has 0 unspecified atom stereocenters. The van der Waals surface area contributed by atoms with Crippen LogP contribution < -0.4 is 11.0 Å². The number of amides is 2.